The summed E-state index contributed by atoms with van der Waals surface area (Å²) in [7, 11) is 0. The molecule has 126 valence electrons. The molecule has 0 amide bonds. The molecule has 1 aromatic carbocycles. The molecular weight excluding hydrogens is 284 g/mol. The Hall–Kier alpha value is -1.02. The number of rotatable bonds is 1. The van der Waals surface area contributed by atoms with Crippen molar-refractivity contribution in [3.63, 3.8) is 0 Å². The van der Waals surface area contributed by atoms with E-state index in [-0.39, 0.29) is 5.41 Å². The number of fused-ring (bicyclic) bond motifs is 5. The van der Waals surface area contributed by atoms with Crippen LogP contribution in [0.5, 0.6) is 5.75 Å². The summed E-state index contributed by atoms with van der Waals surface area (Å²) in [5.74, 6) is 2.72. The largest absolute Gasteiger partial charge is 0.508 e. The van der Waals surface area contributed by atoms with Crippen LogP contribution in [0.4, 0.5) is 0 Å². The predicted octanol–water partition coefficient (Wildman–Crippen LogP) is 4.64. The summed E-state index contributed by atoms with van der Waals surface area (Å²) in [4.78, 5) is 0. The average molecular weight is 314 g/mol. The highest BCUT2D eigenvalue weighted by atomic mass is 16.3. The van der Waals surface area contributed by atoms with Crippen LogP contribution in [0.25, 0.3) is 0 Å². The third-order valence-corrected chi connectivity index (χ3v) is 7.88. The van der Waals surface area contributed by atoms with Crippen LogP contribution in [0.1, 0.15) is 69.9 Å². The molecule has 2 N–H and O–H groups in total. The topological polar surface area (TPSA) is 40.5 Å². The van der Waals surface area contributed by atoms with E-state index in [4.69, 9.17) is 0 Å². The first-order valence-electron chi connectivity index (χ1n) is 9.41. The van der Waals surface area contributed by atoms with E-state index in [1.54, 1.807) is 0 Å². The van der Waals surface area contributed by atoms with Crippen molar-refractivity contribution in [2.45, 2.75) is 70.8 Å². The summed E-state index contributed by atoms with van der Waals surface area (Å²) in [6.07, 6.45) is 6.77. The van der Waals surface area contributed by atoms with Crippen LogP contribution in [0.2, 0.25) is 0 Å². The number of hydrogen-bond donors (Lipinski definition) is 2. The second-order valence-electron chi connectivity index (χ2n) is 8.87. The molecule has 3 aliphatic rings. The molecule has 0 heterocycles. The van der Waals surface area contributed by atoms with Gasteiger partial charge in [0.2, 0.25) is 0 Å². The van der Waals surface area contributed by atoms with Gasteiger partial charge in [0.25, 0.3) is 0 Å². The Morgan fingerprint density at radius 3 is 2.65 bits per heavy atom. The van der Waals surface area contributed by atoms with E-state index in [2.05, 4.69) is 26.8 Å². The maximum Gasteiger partial charge on any atom is 0.115 e. The molecule has 4 rings (SSSR count). The van der Waals surface area contributed by atoms with Crippen LogP contribution >= 0.6 is 0 Å². The second-order valence-corrected chi connectivity index (χ2v) is 8.87. The molecule has 2 fully saturated rings. The van der Waals surface area contributed by atoms with E-state index in [1.807, 2.05) is 12.1 Å². The lowest BCUT2D eigenvalue weighted by Gasteiger charge is -2.54. The molecule has 0 radical (unpaired) electrons. The van der Waals surface area contributed by atoms with Gasteiger partial charge >= 0.3 is 0 Å². The van der Waals surface area contributed by atoms with E-state index in [0.29, 0.717) is 29.4 Å². The molecule has 0 saturated heterocycles. The Balaban J connectivity index is 1.70. The van der Waals surface area contributed by atoms with Gasteiger partial charge in [-0.05, 0) is 90.9 Å². The van der Waals surface area contributed by atoms with Gasteiger partial charge in [-0.15, -0.1) is 0 Å². The number of phenols is 1. The predicted molar refractivity (Wildman–Crippen MR) is 92.5 cm³/mol. The number of aromatic hydroxyl groups is 1. The number of benzene rings is 1. The highest BCUT2D eigenvalue weighted by molar-refractivity contribution is 5.40. The molecular formula is C21H30O2. The summed E-state index contributed by atoms with van der Waals surface area (Å²) in [5, 5.41) is 21.2. The Labute approximate surface area is 139 Å². The summed E-state index contributed by atoms with van der Waals surface area (Å²) in [6.45, 7) is 6.75. The number of phenolic OH excluding ortho intramolecular Hbond substituents is 1. The minimum absolute atomic E-state index is 0.0801. The van der Waals surface area contributed by atoms with Gasteiger partial charge < -0.3 is 10.2 Å². The Morgan fingerprint density at radius 2 is 1.91 bits per heavy atom. The van der Waals surface area contributed by atoms with Crippen molar-refractivity contribution >= 4 is 0 Å². The van der Waals surface area contributed by atoms with E-state index < -0.39 is 5.60 Å². The lowest BCUT2D eigenvalue weighted by atomic mass is 9.52. The Bertz CT molecular complexity index is 622. The fourth-order valence-electron chi connectivity index (χ4n) is 6.57. The van der Waals surface area contributed by atoms with Crippen LogP contribution in [0, 0.1) is 23.2 Å². The van der Waals surface area contributed by atoms with E-state index in [1.165, 1.54) is 30.4 Å². The average Bonchev–Trinajstić information content (AvgIpc) is 2.80. The molecule has 0 aliphatic heterocycles. The maximum atomic E-state index is 11.4. The molecule has 3 aliphatic carbocycles. The van der Waals surface area contributed by atoms with Gasteiger partial charge in [-0.3, -0.25) is 0 Å². The zero-order valence-electron chi connectivity index (χ0n) is 14.7. The quantitative estimate of drug-likeness (QED) is 0.793. The third kappa shape index (κ3) is 1.97. The first-order valence-corrected chi connectivity index (χ1v) is 9.41. The molecule has 5 atom stereocenters. The third-order valence-electron chi connectivity index (χ3n) is 7.88. The van der Waals surface area contributed by atoms with Crippen molar-refractivity contribution in [1.29, 1.82) is 0 Å². The van der Waals surface area contributed by atoms with Crippen LogP contribution in [0.3, 0.4) is 0 Å². The SMILES string of the molecule is CC(C)[C@]1(O)CCC2C3CCc4cc(O)ccc4C3CC[C@@]21C. The van der Waals surface area contributed by atoms with E-state index >= 15 is 0 Å². The van der Waals surface area contributed by atoms with Crippen LogP contribution in [0.15, 0.2) is 18.2 Å². The summed E-state index contributed by atoms with van der Waals surface area (Å²) in [6, 6.07) is 5.99. The van der Waals surface area contributed by atoms with Crippen LogP contribution < -0.4 is 0 Å². The van der Waals surface area contributed by atoms with Crippen molar-refractivity contribution < 1.29 is 10.2 Å². The molecule has 0 aromatic heterocycles. The van der Waals surface area contributed by atoms with E-state index in [9.17, 15) is 10.2 Å². The number of aliphatic hydroxyl groups is 1. The maximum absolute atomic E-state index is 11.4. The standard InChI is InChI=1S/C21H30O2/c1-13(2)21(23)11-9-19-18-6-4-14-12-15(22)5-7-16(14)17(18)8-10-20(19,21)3/h5,7,12-13,17-19,22-23H,4,6,8-11H2,1-3H3/t17?,18?,19?,20-,21+/m0/s1. The van der Waals surface area contributed by atoms with Gasteiger partial charge in [-0.1, -0.05) is 26.8 Å². The highest BCUT2D eigenvalue weighted by Gasteiger charge is 2.62. The molecule has 2 heteroatoms. The van der Waals surface area contributed by atoms with Gasteiger partial charge in [-0.25, -0.2) is 0 Å². The van der Waals surface area contributed by atoms with Gasteiger partial charge in [0, 0.05) is 0 Å². The summed E-state index contributed by atoms with van der Waals surface area (Å²) in [5.41, 5.74) is 2.42. The molecule has 0 spiro atoms. The Kier molecular flexibility index (Phi) is 3.36. The van der Waals surface area contributed by atoms with Crippen molar-refractivity contribution in [2.75, 3.05) is 0 Å². The van der Waals surface area contributed by atoms with Crippen molar-refractivity contribution in [2.24, 2.45) is 23.2 Å². The fraction of sp³-hybridized carbons (Fsp3) is 0.714. The van der Waals surface area contributed by atoms with Crippen molar-refractivity contribution in [3.05, 3.63) is 29.3 Å². The zero-order valence-corrected chi connectivity index (χ0v) is 14.7. The highest BCUT2D eigenvalue weighted by Crippen LogP contribution is 2.65. The molecule has 2 nitrogen and oxygen atoms in total. The molecule has 2 saturated carbocycles. The van der Waals surface area contributed by atoms with Gasteiger partial charge in [0.1, 0.15) is 5.75 Å². The number of aryl methyl sites for hydroxylation is 1. The lowest BCUT2D eigenvalue weighted by Crippen LogP contribution is -2.53. The smallest absolute Gasteiger partial charge is 0.115 e. The van der Waals surface area contributed by atoms with Crippen molar-refractivity contribution in [1.82, 2.24) is 0 Å². The fourth-order valence-corrected chi connectivity index (χ4v) is 6.57. The molecule has 3 unspecified atom stereocenters. The minimum Gasteiger partial charge on any atom is -0.508 e. The monoisotopic (exact) mass is 314 g/mol. The summed E-state index contributed by atoms with van der Waals surface area (Å²) < 4.78 is 0. The number of hydrogen-bond acceptors (Lipinski definition) is 2. The van der Waals surface area contributed by atoms with Gasteiger partial charge in [0.15, 0.2) is 0 Å². The first kappa shape index (κ1) is 15.5. The van der Waals surface area contributed by atoms with E-state index in [0.717, 1.165) is 19.3 Å². The first-order chi connectivity index (χ1) is 10.9. The van der Waals surface area contributed by atoms with Crippen molar-refractivity contribution in [3.8, 4) is 5.75 Å². The van der Waals surface area contributed by atoms with Crippen LogP contribution in [-0.2, 0) is 6.42 Å². The molecule has 1 aromatic rings. The molecule has 23 heavy (non-hydrogen) atoms. The summed E-state index contributed by atoms with van der Waals surface area (Å²) >= 11 is 0. The second kappa shape index (κ2) is 4.99. The normalized spacial score (nSPS) is 42.2. The van der Waals surface area contributed by atoms with Gasteiger partial charge in [-0.2, -0.15) is 0 Å². The lowest BCUT2D eigenvalue weighted by molar-refractivity contribution is -0.129. The van der Waals surface area contributed by atoms with Crippen LogP contribution in [-0.4, -0.2) is 15.8 Å². The Morgan fingerprint density at radius 1 is 1.13 bits per heavy atom. The molecule has 0 bridgehead atoms. The zero-order chi connectivity index (χ0) is 16.4. The van der Waals surface area contributed by atoms with Gasteiger partial charge in [0.05, 0.1) is 5.60 Å². The minimum atomic E-state index is -0.488.